The Labute approximate surface area is 90.1 Å². The van der Waals surface area contributed by atoms with Gasteiger partial charge in [0.15, 0.2) is 0 Å². The molecule has 0 spiro atoms. The van der Waals surface area contributed by atoms with Crippen molar-refractivity contribution < 1.29 is 0 Å². The van der Waals surface area contributed by atoms with Gasteiger partial charge in [-0.2, -0.15) is 0 Å². The predicted octanol–water partition coefficient (Wildman–Crippen LogP) is 5.26. The lowest BCUT2D eigenvalue weighted by molar-refractivity contribution is 0.637. The zero-order valence-corrected chi connectivity index (χ0v) is 9.97. The second-order valence-electron chi connectivity index (χ2n) is 3.85. The van der Waals surface area contributed by atoms with Crippen LogP contribution in [0.2, 0.25) is 0 Å². The van der Waals surface area contributed by atoms with E-state index in [-0.39, 0.29) is 0 Å². The molecule has 0 heteroatoms. The summed E-state index contributed by atoms with van der Waals surface area (Å²) in [5, 5.41) is 0. The maximum Gasteiger partial charge on any atom is -0.0348 e. The lowest BCUT2D eigenvalue weighted by Gasteiger charge is -1.95. The van der Waals surface area contributed by atoms with Gasteiger partial charge in [-0.25, -0.2) is 0 Å². The quantitative estimate of drug-likeness (QED) is 0.347. The Morgan fingerprint density at radius 2 is 1.29 bits per heavy atom. The molecule has 0 radical (unpaired) electrons. The minimum atomic E-state index is 1.21. The summed E-state index contributed by atoms with van der Waals surface area (Å²) >= 11 is 0. The molecule has 0 amide bonds. The van der Waals surface area contributed by atoms with Crippen molar-refractivity contribution in [2.75, 3.05) is 0 Å². The van der Waals surface area contributed by atoms with Gasteiger partial charge in [0.25, 0.3) is 0 Å². The number of hydrogen-bond donors (Lipinski definition) is 0. The van der Waals surface area contributed by atoms with E-state index in [0.717, 1.165) is 0 Å². The number of hydrogen-bond acceptors (Lipinski definition) is 0. The zero-order valence-electron chi connectivity index (χ0n) is 9.97. The van der Waals surface area contributed by atoms with Gasteiger partial charge in [0, 0.05) is 0 Å². The average molecular weight is 194 g/mol. The topological polar surface area (TPSA) is 0 Å². The first-order chi connectivity index (χ1) is 6.91. The SMILES string of the molecule is CCCC=C/C=C/CCCCCCC. The molecule has 0 aromatic carbocycles. The summed E-state index contributed by atoms with van der Waals surface area (Å²) in [5.74, 6) is 0. The Bertz CT molecular complexity index is 142. The first-order valence-electron chi connectivity index (χ1n) is 6.23. The van der Waals surface area contributed by atoms with Crippen LogP contribution in [-0.2, 0) is 0 Å². The van der Waals surface area contributed by atoms with Crippen LogP contribution in [-0.4, -0.2) is 0 Å². The molecular weight excluding hydrogens is 168 g/mol. The molecule has 0 aromatic rings. The van der Waals surface area contributed by atoms with E-state index in [1.807, 2.05) is 0 Å². The van der Waals surface area contributed by atoms with Crippen LogP contribution in [0.1, 0.15) is 65.2 Å². The van der Waals surface area contributed by atoms with Crippen LogP contribution in [0.3, 0.4) is 0 Å². The summed E-state index contributed by atoms with van der Waals surface area (Å²) in [6, 6.07) is 0. The van der Waals surface area contributed by atoms with Crippen molar-refractivity contribution in [2.24, 2.45) is 0 Å². The standard InChI is InChI=1S/C14H26/c1-3-5-7-9-11-13-14-12-10-8-6-4-2/h7,9,11,13H,3-6,8,10,12,14H2,1-2H3/b9-7?,13-11+. The maximum absolute atomic E-state index is 2.29. The molecule has 0 saturated carbocycles. The average Bonchev–Trinajstić information content (AvgIpc) is 2.21. The van der Waals surface area contributed by atoms with Gasteiger partial charge in [0.1, 0.15) is 0 Å². The summed E-state index contributed by atoms with van der Waals surface area (Å²) in [6.45, 7) is 4.47. The summed E-state index contributed by atoms with van der Waals surface area (Å²) < 4.78 is 0. The lowest BCUT2D eigenvalue weighted by Crippen LogP contribution is -1.75. The molecule has 0 N–H and O–H groups in total. The van der Waals surface area contributed by atoms with Crippen molar-refractivity contribution in [3.05, 3.63) is 24.3 Å². The molecule has 0 nitrogen and oxygen atoms in total. The highest BCUT2D eigenvalue weighted by Crippen LogP contribution is 2.05. The van der Waals surface area contributed by atoms with E-state index in [1.54, 1.807) is 0 Å². The smallest absolute Gasteiger partial charge is 0.0348 e. The molecule has 82 valence electrons. The van der Waals surface area contributed by atoms with Crippen molar-refractivity contribution in [1.82, 2.24) is 0 Å². The summed E-state index contributed by atoms with van der Waals surface area (Å²) in [6.07, 6.45) is 19.5. The number of allylic oxidation sites excluding steroid dienone is 4. The summed E-state index contributed by atoms with van der Waals surface area (Å²) in [5.41, 5.74) is 0. The van der Waals surface area contributed by atoms with Crippen molar-refractivity contribution in [3.63, 3.8) is 0 Å². The fourth-order valence-electron chi connectivity index (χ4n) is 1.38. The molecule has 0 unspecified atom stereocenters. The fraction of sp³-hybridized carbons (Fsp3) is 0.714. The van der Waals surface area contributed by atoms with Gasteiger partial charge < -0.3 is 0 Å². The van der Waals surface area contributed by atoms with E-state index in [2.05, 4.69) is 38.2 Å². The van der Waals surface area contributed by atoms with E-state index in [9.17, 15) is 0 Å². The summed E-state index contributed by atoms with van der Waals surface area (Å²) in [4.78, 5) is 0. The molecule has 14 heavy (non-hydrogen) atoms. The normalized spacial score (nSPS) is 11.9. The molecule has 0 aromatic heterocycles. The van der Waals surface area contributed by atoms with E-state index in [1.165, 1.54) is 51.4 Å². The van der Waals surface area contributed by atoms with Gasteiger partial charge in [-0.3, -0.25) is 0 Å². The van der Waals surface area contributed by atoms with Crippen LogP contribution in [0.25, 0.3) is 0 Å². The second-order valence-corrected chi connectivity index (χ2v) is 3.85. The fourth-order valence-corrected chi connectivity index (χ4v) is 1.38. The van der Waals surface area contributed by atoms with Crippen LogP contribution in [0.5, 0.6) is 0 Å². The van der Waals surface area contributed by atoms with Gasteiger partial charge in [-0.15, -0.1) is 0 Å². The highest BCUT2D eigenvalue weighted by atomic mass is 13.9. The minimum Gasteiger partial charge on any atom is -0.0846 e. The molecule has 0 atom stereocenters. The van der Waals surface area contributed by atoms with Crippen molar-refractivity contribution in [3.8, 4) is 0 Å². The predicted molar refractivity (Wildman–Crippen MR) is 66.6 cm³/mol. The maximum atomic E-state index is 2.29. The molecule has 0 rings (SSSR count). The third kappa shape index (κ3) is 11.5. The van der Waals surface area contributed by atoms with Gasteiger partial charge in [0.05, 0.1) is 0 Å². The molecule has 0 bridgehead atoms. The highest BCUT2D eigenvalue weighted by molar-refractivity contribution is 5.01. The van der Waals surface area contributed by atoms with E-state index < -0.39 is 0 Å². The minimum absolute atomic E-state index is 1.21. The molecule has 0 aliphatic rings. The van der Waals surface area contributed by atoms with E-state index in [0.29, 0.717) is 0 Å². The first kappa shape index (κ1) is 13.5. The molecule has 0 aliphatic heterocycles. The largest absolute Gasteiger partial charge is 0.0846 e. The Kier molecular flexibility index (Phi) is 12.0. The molecular formula is C14H26. The van der Waals surface area contributed by atoms with Crippen molar-refractivity contribution in [2.45, 2.75) is 65.2 Å². The first-order valence-corrected chi connectivity index (χ1v) is 6.23. The molecule has 0 heterocycles. The zero-order chi connectivity index (χ0) is 10.5. The van der Waals surface area contributed by atoms with Crippen LogP contribution < -0.4 is 0 Å². The summed E-state index contributed by atoms with van der Waals surface area (Å²) in [7, 11) is 0. The molecule has 0 saturated heterocycles. The highest BCUT2D eigenvalue weighted by Gasteiger charge is 1.85. The van der Waals surface area contributed by atoms with E-state index >= 15 is 0 Å². The Balaban J connectivity index is 3.10. The Morgan fingerprint density at radius 3 is 1.93 bits per heavy atom. The number of rotatable bonds is 9. The third-order valence-corrected chi connectivity index (χ3v) is 2.31. The lowest BCUT2D eigenvalue weighted by atomic mass is 10.1. The van der Waals surface area contributed by atoms with Crippen LogP contribution in [0.4, 0.5) is 0 Å². The second kappa shape index (κ2) is 12.5. The molecule has 0 fully saturated rings. The van der Waals surface area contributed by atoms with Gasteiger partial charge in [-0.05, 0) is 19.3 Å². The van der Waals surface area contributed by atoms with Gasteiger partial charge in [-0.1, -0.05) is 70.3 Å². The van der Waals surface area contributed by atoms with E-state index in [4.69, 9.17) is 0 Å². The monoisotopic (exact) mass is 194 g/mol. The Hall–Kier alpha value is -0.520. The van der Waals surface area contributed by atoms with Crippen LogP contribution in [0, 0.1) is 0 Å². The third-order valence-electron chi connectivity index (χ3n) is 2.31. The number of unbranched alkanes of at least 4 members (excludes halogenated alkanes) is 6. The van der Waals surface area contributed by atoms with Gasteiger partial charge in [0.2, 0.25) is 0 Å². The van der Waals surface area contributed by atoms with Crippen LogP contribution >= 0.6 is 0 Å². The van der Waals surface area contributed by atoms with Crippen molar-refractivity contribution in [1.29, 1.82) is 0 Å². The Morgan fingerprint density at radius 1 is 0.643 bits per heavy atom. The van der Waals surface area contributed by atoms with Gasteiger partial charge >= 0.3 is 0 Å². The van der Waals surface area contributed by atoms with Crippen LogP contribution in [0.15, 0.2) is 24.3 Å². The molecule has 0 aliphatic carbocycles. The van der Waals surface area contributed by atoms with Crippen molar-refractivity contribution >= 4 is 0 Å².